The number of hydrogen-bond donors (Lipinski definition) is 2. The maximum absolute atomic E-state index is 11.8. The zero-order chi connectivity index (χ0) is 13.1. The normalized spacial score (nSPS) is 19.1. The molecule has 17 heavy (non-hydrogen) atoms. The van der Waals surface area contributed by atoms with E-state index in [0.29, 0.717) is 17.3 Å². The van der Waals surface area contributed by atoms with Crippen molar-refractivity contribution in [1.82, 2.24) is 9.03 Å². The highest BCUT2D eigenvalue weighted by molar-refractivity contribution is 9.11. The number of rotatable bonds is 5. The van der Waals surface area contributed by atoms with E-state index in [1.807, 2.05) is 0 Å². The largest absolute Gasteiger partial charge is 0.481 e. The number of halogens is 1. The van der Waals surface area contributed by atoms with Crippen LogP contribution in [-0.4, -0.2) is 43.4 Å². The average molecular weight is 327 g/mol. The number of carbonyl (C=O) groups is 1. The van der Waals surface area contributed by atoms with Gasteiger partial charge in [0.1, 0.15) is 0 Å². The molecule has 1 rings (SSSR count). The molecule has 0 aromatic heterocycles. The molecule has 1 aliphatic rings. The molecule has 0 aliphatic carbocycles. The Morgan fingerprint density at radius 1 is 1.47 bits per heavy atom. The fourth-order valence-electron chi connectivity index (χ4n) is 1.60. The maximum atomic E-state index is 11.8. The van der Waals surface area contributed by atoms with Crippen LogP contribution in [0.5, 0.6) is 0 Å². The SMILES string of the molecule is C=C(Br)CNS(=O)(=O)N1CCC(C(=O)O)CC1. The number of carboxylic acid groups (broad SMARTS) is 1. The molecule has 1 fully saturated rings. The Morgan fingerprint density at radius 2 is 2.00 bits per heavy atom. The first-order valence-corrected chi connectivity index (χ1v) is 7.37. The molecule has 98 valence electrons. The molecular weight excluding hydrogens is 312 g/mol. The molecule has 0 bridgehead atoms. The van der Waals surface area contributed by atoms with Gasteiger partial charge in [-0.05, 0) is 12.8 Å². The highest BCUT2D eigenvalue weighted by atomic mass is 79.9. The fourth-order valence-corrected chi connectivity index (χ4v) is 3.16. The number of aliphatic carboxylic acids is 1. The van der Waals surface area contributed by atoms with Crippen LogP contribution in [0.15, 0.2) is 11.1 Å². The van der Waals surface area contributed by atoms with Gasteiger partial charge in [-0.25, -0.2) is 0 Å². The summed E-state index contributed by atoms with van der Waals surface area (Å²) in [7, 11) is -3.53. The topological polar surface area (TPSA) is 86.7 Å². The second-order valence-electron chi connectivity index (χ2n) is 3.85. The molecule has 8 heteroatoms. The zero-order valence-electron chi connectivity index (χ0n) is 9.23. The smallest absolute Gasteiger partial charge is 0.306 e. The van der Waals surface area contributed by atoms with Gasteiger partial charge < -0.3 is 5.11 Å². The Labute approximate surface area is 109 Å². The van der Waals surface area contributed by atoms with E-state index < -0.39 is 22.1 Å². The van der Waals surface area contributed by atoms with Crippen LogP contribution in [0.1, 0.15) is 12.8 Å². The third kappa shape index (κ3) is 4.38. The van der Waals surface area contributed by atoms with Gasteiger partial charge in [-0.15, -0.1) is 0 Å². The molecule has 1 aliphatic heterocycles. The molecule has 6 nitrogen and oxygen atoms in total. The Kier molecular flexibility index (Phi) is 5.11. The Bertz CT molecular complexity index is 401. The van der Waals surface area contributed by atoms with Crippen LogP contribution in [0.4, 0.5) is 0 Å². The zero-order valence-corrected chi connectivity index (χ0v) is 11.6. The van der Waals surface area contributed by atoms with E-state index in [2.05, 4.69) is 27.2 Å². The molecular formula is C9H15BrN2O4S. The van der Waals surface area contributed by atoms with Crippen LogP contribution >= 0.6 is 15.9 Å². The van der Waals surface area contributed by atoms with Crippen molar-refractivity contribution in [2.24, 2.45) is 5.92 Å². The molecule has 0 radical (unpaired) electrons. The predicted molar refractivity (Wildman–Crippen MR) is 66.9 cm³/mol. The van der Waals surface area contributed by atoms with Gasteiger partial charge in [0.25, 0.3) is 10.2 Å². The standard InChI is InChI=1S/C9H15BrN2O4S/c1-7(10)6-11-17(15,16)12-4-2-8(3-5-12)9(13)14/h8,11H,1-6H2,(H,13,14). The molecule has 0 atom stereocenters. The fraction of sp³-hybridized carbons (Fsp3) is 0.667. The number of nitrogens with one attached hydrogen (secondary N) is 1. The minimum Gasteiger partial charge on any atom is -0.481 e. The van der Waals surface area contributed by atoms with Gasteiger partial charge in [0, 0.05) is 24.1 Å². The summed E-state index contributed by atoms with van der Waals surface area (Å²) < 4.78 is 27.7. The van der Waals surface area contributed by atoms with Crippen molar-refractivity contribution >= 4 is 32.1 Å². The van der Waals surface area contributed by atoms with Crippen LogP contribution in [0, 0.1) is 5.92 Å². The first-order valence-electron chi connectivity index (χ1n) is 5.14. The third-order valence-corrected chi connectivity index (χ3v) is 4.42. The maximum Gasteiger partial charge on any atom is 0.306 e. The number of nitrogens with zero attached hydrogens (tertiary/aromatic N) is 1. The molecule has 1 saturated heterocycles. The highest BCUT2D eigenvalue weighted by Crippen LogP contribution is 2.19. The van der Waals surface area contributed by atoms with Crippen molar-refractivity contribution in [2.75, 3.05) is 19.6 Å². The second-order valence-corrected chi connectivity index (χ2v) is 6.73. The summed E-state index contributed by atoms with van der Waals surface area (Å²) in [5.41, 5.74) is 0. The van der Waals surface area contributed by atoms with Gasteiger partial charge in [0.05, 0.1) is 5.92 Å². The van der Waals surface area contributed by atoms with Crippen molar-refractivity contribution in [3.63, 3.8) is 0 Å². The van der Waals surface area contributed by atoms with Gasteiger partial charge in [-0.1, -0.05) is 22.5 Å². The van der Waals surface area contributed by atoms with E-state index in [-0.39, 0.29) is 19.6 Å². The molecule has 0 amide bonds. The van der Waals surface area contributed by atoms with Crippen LogP contribution < -0.4 is 4.72 Å². The Morgan fingerprint density at radius 3 is 2.41 bits per heavy atom. The van der Waals surface area contributed by atoms with Gasteiger partial charge in [-0.2, -0.15) is 17.4 Å². The van der Waals surface area contributed by atoms with E-state index in [4.69, 9.17) is 5.11 Å². The van der Waals surface area contributed by atoms with Crippen LogP contribution in [0.2, 0.25) is 0 Å². The van der Waals surface area contributed by atoms with Crippen LogP contribution in [0.25, 0.3) is 0 Å². The summed E-state index contributed by atoms with van der Waals surface area (Å²) in [6.45, 7) is 4.13. The molecule has 0 spiro atoms. The van der Waals surface area contributed by atoms with Gasteiger partial charge in [0.2, 0.25) is 0 Å². The molecule has 0 saturated carbocycles. The van der Waals surface area contributed by atoms with Crippen molar-refractivity contribution in [2.45, 2.75) is 12.8 Å². The molecule has 0 unspecified atom stereocenters. The predicted octanol–water partition coefficient (Wildman–Crippen LogP) is 0.526. The monoisotopic (exact) mass is 326 g/mol. The molecule has 0 aromatic rings. The van der Waals surface area contributed by atoms with E-state index in [1.165, 1.54) is 4.31 Å². The van der Waals surface area contributed by atoms with E-state index in [9.17, 15) is 13.2 Å². The average Bonchev–Trinajstić information content (AvgIpc) is 2.27. The quantitative estimate of drug-likeness (QED) is 0.771. The van der Waals surface area contributed by atoms with Crippen molar-refractivity contribution in [1.29, 1.82) is 0 Å². The number of hydrogen-bond acceptors (Lipinski definition) is 3. The molecule has 1 heterocycles. The lowest BCUT2D eigenvalue weighted by Gasteiger charge is -2.29. The number of carboxylic acids is 1. The van der Waals surface area contributed by atoms with Crippen molar-refractivity contribution < 1.29 is 18.3 Å². The molecule has 0 aromatic carbocycles. The van der Waals surface area contributed by atoms with Crippen LogP contribution in [-0.2, 0) is 15.0 Å². The summed E-state index contributed by atoms with van der Waals surface area (Å²) in [4.78, 5) is 10.7. The first-order chi connectivity index (χ1) is 7.83. The highest BCUT2D eigenvalue weighted by Gasteiger charge is 2.30. The van der Waals surface area contributed by atoms with Gasteiger partial charge in [0.15, 0.2) is 0 Å². The van der Waals surface area contributed by atoms with E-state index >= 15 is 0 Å². The lowest BCUT2D eigenvalue weighted by atomic mass is 9.99. The summed E-state index contributed by atoms with van der Waals surface area (Å²) in [6.07, 6.45) is 0.705. The van der Waals surface area contributed by atoms with Crippen molar-refractivity contribution in [3.05, 3.63) is 11.1 Å². The van der Waals surface area contributed by atoms with E-state index in [0.717, 1.165) is 0 Å². The second kappa shape index (κ2) is 5.94. The lowest BCUT2D eigenvalue weighted by Crippen LogP contribution is -2.46. The van der Waals surface area contributed by atoms with Gasteiger partial charge in [-0.3, -0.25) is 4.79 Å². The van der Waals surface area contributed by atoms with Crippen molar-refractivity contribution in [3.8, 4) is 0 Å². The summed E-state index contributed by atoms with van der Waals surface area (Å²) in [5.74, 6) is -1.29. The number of piperidine rings is 1. The lowest BCUT2D eigenvalue weighted by molar-refractivity contribution is -0.142. The Hall–Kier alpha value is -0.440. The summed E-state index contributed by atoms with van der Waals surface area (Å²) in [6, 6.07) is 0. The summed E-state index contributed by atoms with van der Waals surface area (Å²) >= 11 is 3.06. The minimum absolute atomic E-state index is 0.126. The summed E-state index contributed by atoms with van der Waals surface area (Å²) in [5, 5.41) is 8.80. The molecule has 2 N–H and O–H groups in total. The minimum atomic E-state index is -3.53. The Balaban J connectivity index is 2.52. The van der Waals surface area contributed by atoms with E-state index in [1.54, 1.807) is 0 Å². The first kappa shape index (κ1) is 14.6. The third-order valence-electron chi connectivity index (χ3n) is 2.59. The van der Waals surface area contributed by atoms with Crippen LogP contribution in [0.3, 0.4) is 0 Å². The van der Waals surface area contributed by atoms with Gasteiger partial charge >= 0.3 is 5.97 Å².